The molecule has 1 aliphatic rings. The fraction of sp³-hybridized carbons (Fsp3) is 0.647. The first-order valence-electron chi connectivity index (χ1n) is 7.67. The highest BCUT2D eigenvalue weighted by molar-refractivity contribution is 5.17. The summed E-state index contributed by atoms with van der Waals surface area (Å²) in [6.07, 6.45) is 1.12. The predicted octanol–water partition coefficient (Wildman–Crippen LogP) is 3.42. The van der Waals surface area contributed by atoms with E-state index in [1.165, 1.54) is 5.56 Å². The minimum absolute atomic E-state index is 0.160. The Bertz CT molecular complexity index is 429. The van der Waals surface area contributed by atoms with E-state index < -0.39 is 0 Å². The van der Waals surface area contributed by atoms with Gasteiger partial charge >= 0.3 is 0 Å². The van der Waals surface area contributed by atoms with Gasteiger partial charge in [0.15, 0.2) is 0 Å². The van der Waals surface area contributed by atoms with Crippen LogP contribution in [-0.2, 0) is 6.54 Å². The molecule has 0 amide bonds. The van der Waals surface area contributed by atoms with Crippen molar-refractivity contribution in [3.8, 4) is 0 Å². The Balaban J connectivity index is 2.13. The molecule has 2 unspecified atom stereocenters. The Morgan fingerprint density at radius 1 is 1.35 bits per heavy atom. The lowest BCUT2D eigenvalue weighted by molar-refractivity contribution is 0.0316. The normalized spacial score (nSPS) is 28.0. The van der Waals surface area contributed by atoms with Gasteiger partial charge in [-0.25, -0.2) is 4.39 Å². The molecule has 0 radical (unpaired) electrons. The third-order valence-corrected chi connectivity index (χ3v) is 4.78. The van der Waals surface area contributed by atoms with E-state index in [0.717, 1.165) is 26.1 Å². The molecule has 2 atom stereocenters. The minimum Gasteiger partial charge on any atom is -0.311 e. The summed E-state index contributed by atoms with van der Waals surface area (Å²) in [6, 6.07) is 7.45. The number of benzene rings is 1. The molecule has 1 N–H and O–H groups in total. The molecule has 0 saturated carbocycles. The van der Waals surface area contributed by atoms with Crippen LogP contribution in [0.4, 0.5) is 4.39 Å². The molecule has 1 heterocycles. The van der Waals surface area contributed by atoms with Gasteiger partial charge in [0.1, 0.15) is 5.82 Å². The summed E-state index contributed by atoms with van der Waals surface area (Å²) in [5.41, 5.74) is 1.37. The van der Waals surface area contributed by atoms with Crippen LogP contribution in [0, 0.1) is 11.7 Å². The molecule has 0 aliphatic carbocycles. The first-order chi connectivity index (χ1) is 9.44. The highest BCUT2D eigenvalue weighted by Gasteiger charge is 2.36. The molecule has 20 heavy (non-hydrogen) atoms. The molecule has 3 heteroatoms. The number of halogens is 1. The second kappa shape index (κ2) is 6.23. The van der Waals surface area contributed by atoms with E-state index in [2.05, 4.69) is 37.9 Å². The van der Waals surface area contributed by atoms with Crippen molar-refractivity contribution in [1.82, 2.24) is 10.2 Å². The van der Waals surface area contributed by atoms with E-state index in [1.54, 1.807) is 12.1 Å². The highest BCUT2D eigenvalue weighted by atomic mass is 19.1. The summed E-state index contributed by atoms with van der Waals surface area (Å²) in [6.45, 7) is 12.1. The molecule has 1 aromatic carbocycles. The van der Waals surface area contributed by atoms with Gasteiger partial charge in [-0.3, -0.25) is 4.90 Å². The summed E-state index contributed by atoms with van der Waals surface area (Å²) in [5, 5.41) is 3.68. The largest absolute Gasteiger partial charge is 0.311 e. The van der Waals surface area contributed by atoms with Gasteiger partial charge in [-0.1, -0.05) is 32.9 Å². The lowest BCUT2D eigenvalue weighted by Gasteiger charge is -2.49. The maximum Gasteiger partial charge on any atom is 0.123 e. The lowest BCUT2D eigenvalue weighted by Crippen LogP contribution is -2.63. The van der Waals surface area contributed by atoms with Gasteiger partial charge in [-0.2, -0.15) is 0 Å². The third-order valence-electron chi connectivity index (χ3n) is 4.78. The second-order valence-corrected chi connectivity index (χ2v) is 6.59. The van der Waals surface area contributed by atoms with Crippen LogP contribution in [0.15, 0.2) is 24.3 Å². The molecular formula is C17H27FN2. The van der Waals surface area contributed by atoms with Crippen LogP contribution in [-0.4, -0.2) is 29.6 Å². The van der Waals surface area contributed by atoms with Crippen molar-refractivity contribution in [2.24, 2.45) is 5.92 Å². The monoisotopic (exact) mass is 278 g/mol. The summed E-state index contributed by atoms with van der Waals surface area (Å²) >= 11 is 0. The molecule has 1 aromatic rings. The topological polar surface area (TPSA) is 15.3 Å². The maximum atomic E-state index is 13.0. The lowest BCUT2D eigenvalue weighted by atomic mass is 9.89. The van der Waals surface area contributed by atoms with Crippen LogP contribution < -0.4 is 5.32 Å². The number of nitrogens with zero attached hydrogens (tertiary/aromatic N) is 1. The smallest absolute Gasteiger partial charge is 0.123 e. The molecule has 0 aromatic heterocycles. The first kappa shape index (κ1) is 15.5. The van der Waals surface area contributed by atoms with Crippen LogP contribution in [0.2, 0.25) is 0 Å². The third kappa shape index (κ3) is 3.39. The van der Waals surface area contributed by atoms with Crippen molar-refractivity contribution >= 4 is 0 Å². The van der Waals surface area contributed by atoms with Crippen molar-refractivity contribution in [3.63, 3.8) is 0 Å². The Morgan fingerprint density at radius 2 is 2.00 bits per heavy atom. The maximum absolute atomic E-state index is 13.0. The van der Waals surface area contributed by atoms with Crippen LogP contribution in [0.3, 0.4) is 0 Å². The zero-order valence-corrected chi connectivity index (χ0v) is 13.1. The molecule has 2 nitrogen and oxygen atoms in total. The first-order valence-corrected chi connectivity index (χ1v) is 7.67. The predicted molar refractivity (Wildman–Crippen MR) is 82.1 cm³/mol. The number of rotatable bonds is 4. The Labute approximate surface area is 122 Å². The number of nitrogens with one attached hydrogen (secondary N) is 1. The van der Waals surface area contributed by atoms with E-state index >= 15 is 0 Å². The number of hydrogen-bond donors (Lipinski definition) is 1. The summed E-state index contributed by atoms with van der Waals surface area (Å²) in [7, 11) is 0. The molecular weight excluding hydrogens is 251 g/mol. The number of piperazine rings is 1. The van der Waals surface area contributed by atoms with Crippen molar-refractivity contribution in [2.75, 3.05) is 13.1 Å². The molecule has 1 aliphatic heterocycles. The van der Waals surface area contributed by atoms with Crippen molar-refractivity contribution in [2.45, 2.75) is 52.2 Å². The van der Waals surface area contributed by atoms with E-state index in [-0.39, 0.29) is 11.4 Å². The molecule has 2 rings (SSSR count). The van der Waals surface area contributed by atoms with Crippen LogP contribution in [0.1, 0.15) is 39.7 Å². The Kier molecular flexibility index (Phi) is 4.82. The molecule has 1 saturated heterocycles. The van der Waals surface area contributed by atoms with Gasteiger partial charge in [0.2, 0.25) is 0 Å². The molecule has 112 valence electrons. The van der Waals surface area contributed by atoms with Crippen LogP contribution in [0.25, 0.3) is 0 Å². The quantitative estimate of drug-likeness (QED) is 0.908. The molecule has 0 bridgehead atoms. The van der Waals surface area contributed by atoms with Gasteiger partial charge < -0.3 is 5.32 Å². The number of hydrogen-bond acceptors (Lipinski definition) is 2. The molecule has 0 spiro atoms. The summed E-state index contributed by atoms with van der Waals surface area (Å²) in [5.74, 6) is 0.472. The van der Waals surface area contributed by atoms with Gasteiger partial charge in [-0.15, -0.1) is 0 Å². The SMILES string of the molecule is CCC1(C)CNC(C(C)C)CN1Cc1ccc(F)cc1. The van der Waals surface area contributed by atoms with Crippen LogP contribution >= 0.6 is 0 Å². The average molecular weight is 278 g/mol. The minimum atomic E-state index is -0.160. The van der Waals surface area contributed by atoms with Crippen molar-refractivity contribution < 1.29 is 4.39 Å². The average Bonchev–Trinajstić information content (AvgIpc) is 2.43. The van der Waals surface area contributed by atoms with Gasteiger partial charge in [0, 0.05) is 31.2 Å². The van der Waals surface area contributed by atoms with Crippen molar-refractivity contribution in [3.05, 3.63) is 35.6 Å². The Hall–Kier alpha value is -0.930. The van der Waals surface area contributed by atoms with Gasteiger partial charge in [0.25, 0.3) is 0 Å². The fourth-order valence-corrected chi connectivity index (χ4v) is 2.85. The Morgan fingerprint density at radius 3 is 2.55 bits per heavy atom. The van der Waals surface area contributed by atoms with Gasteiger partial charge in [-0.05, 0) is 37.0 Å². The summed E-state index contributed by atoms with van der Waals surface area (Å²) < 4.78 is 13.0. The second-order valence-electron chi connectivity index (χ2n) is 6.59. The van der Waals surface area contributed by atoms with Gasteiger partial charge in [0.05, 0.1) is 0 Å². The standard InChI is InChI=1S/C17H27FN2/c1-5-17(4)12-19-16(13(2)3)11-20(17)10-14-6-8-15(18)9-7-14/h6-9,13,16,19H,5,10-12H2,1-4H3. The van der Waals surface area contributed by atoms with E-state index in [0.29, 0.717) is 12.0 Å². The van der Waals surface area contributed by atoms with E-state index in [1.807, 2.05) is 12.1 Å². The fourth-order valence-electron chi connectivity index (χ4n) is 2.85. The van der Waals surface area contributed by atoms with E-state index in [9.17, 15) is 4.39 Å². The van der Waals surface area contributed by atoms with E-state index in [4.69, 9.17) is 0 Å². The zero-order chi connectivity index (χ0) is 14.8. The highest BCUT2D eigenvalue weighted by Crippen LogP contribution is 2.26. The van der Waals surface area contributed by atoms with Crippen LogP contribution in [0.5, 0.6) is 0 Å². The molecule has 1 fully saturated rings. The van der Waals surface area contributed by atoms with Crippen molar-refractivity contribution in [1.29, 1.82) is 0 Å². The zero-order valence-electron chi connectivity index (χ0n) is 13.1. The summed E-state index contributed by atoms with van der Waals surface area (Å²) in [4.78, 5) is 2.56.